The molecule has 21 heavy (non-hydrogen) atoms. The van der Waals surface area contributed by atoms with Crippen LogP contribution in [0.3, 0.4) is 0 Å². The van der Waals surface area contributed by atoms with Crippen LogP contribution < -0.4 is 5.32 Å². The number of aliphatic hydroxyl groups is 1. The molecule has 2 rings (SSSR count). The number of nitrogens with zero attached hydrogens (tertiary/aromatic N) is 4. The van der Waals surface area contributed by atoms with Gasteiger partial charge < -0.3 is 15.3 Å². The molecule has 0 saturated heterocycles. The molecule has 0 aliphatic rings. The van der Waals surface area contributed by atoms with Crippen molar-refractivity contribution >= 4 is 6.03 Å². The first-order valence-electron chi connectivity index (χ1n) is 6.84. The molecular formula is C14H19N5O2. The van der Waals surface area contributed by atoms with Gasteiger partial charge in [-0.2, -0.15) is 0 Å². The van der Waals surface area contributed by atoms with Crippen LogP contribution in [0.25, 0.3) is 5.69 Å². The first-order chi connectivity index (χ1) is 10.3. The van der Waals surface area contributed by atoms with Crippen molar-refractivity contribution in [2.75, 3.05) is 19.7 Å². The molecule has 0 spiro atoms. The minimum Gasteiger partial charge on any atom is -0.395 e. The van der Waals surface area contributed by atoms with Crippen LogP contribution in [0, 0.1) is 0 Å². The third kappa shape index (κ3) is 3.79. The summed E-state index contributed by atoms with van der Waals surface area (Å²) in [6.45, 7) is 2.93. The second-order valence-electron chi connectivity index (χ2n) is 4.41. The molecule has 0 aliphatic carbocycles. The van der Waals surface area contributed by atoms with Gasteiger partial charge in [-0.05, 0) is 19.1 Å². The molecule has 0 atom stereocenters. The maximum absolute atomic E-state index is 12.0. The van der Waals surface area contributed by atoms with Crippen molar-refractivity contribution in [3.8, 4) is 5.69 Å². The average Bonchev–Trinajstić information content (AvgIpc) is 2.99. The fraction of sp³-hybridized carbons (Fsp3) is 0.357. The summed E-state index contributed by atoms with van der Waals surface area (Å²) in [5.41, 5.74) is 0.939. The van der Waals surface area contributed by atoms with Gasteiger partial charge in [0, 0.05) is 18.8 Å². The molecule has 0 aliphatic heterocycles. The number of hydrogen-bond donors (Lipinski definition) is 2. The van der Waals surface area contributed by atoms with Gasteiger partial charge in [-0.3, -0.25) is 4.57 Å². The second-order valence-corrected chi connectivity index (χ2v) is 4.41. The van der Waals surface area contributed by atoms with Crippen molar-refractivity contribution in [3.05, 3.63) is 42.5 Å². The number of hydrogen-bond acceptors (Lipinski definition) is 4. The number of amides is 2. The maximum atomic E-state index is 12.0. The van der Waals surface area contributed by atoms with Gasteiger partial charge in [0.05, 0.1) is 13.2 Å². The zero-order chi connectivity index (χ0) is 15.1. The second kappa shape index (κ2) is 7.39. The van der Waals surface area contributed by atoms with Gasteiger partial charge in [-0.25, -0.2) is 4.79 Å². The van der Waals surface area contributed by atoms with Crippen molar-refractivity contribution in [2.45, 2.75) is 13.5 Å². The fourth-order valence-electron chi connectivity index (χ4n) is 1.97. The summed E-state index contributed by atoms with van der Waals surface area (Å²) >= 11 is 0. The predicted octanol–water partition coefficient (Wildman–Crippen LogP) is 0.791. The van der Waals surface area contributed by atoms with E-state index in [-0.39, 0.29) is 19.2 Å². The van der Waals surface area contributed by atoms with E-state index in [9.17, 15) is 4.79 Å². The van der Waals surface area contributed by atoms with Crippen molar-refractivity contribution in [1.82, 2.24) is 25.0 Å². The highest BCUT2D eigenvalue weighted by atomic mass is 16.3. The van der Waals surface area contributed by atoms with Crippen LogP contribution in [0.5, 0.6) is 0 Å². The van der Waals surface area contributed by atoms with Crippen molar-refractivity contribution < 1.29 is 9.90 Å². The highest BCUT2D eigenvalue weighted by Gasteiger charge is 2.12. The number of para-hydroxylation sites is 1. The van der Waals surface area contributed by atoms with Crippen molar-refractivity contribution in [3.63, 3.8) is 0 Å². The van der Waals surface area contributed by atoms with E-state index >= 15 is 0 Å². The third-order valence-electron chi connectivity index (χ3n) is 3.09. The highest BCUT2D eigenvalue weighted by molar-refractivity contribution is 5.74. The lowest BCUT2D eigenvalue weighted by Crippen LogP contribution is -2.41. The molecule has 7 nitrogen and oxygen atoms in total. The number of carbonyl (C=O) groups excluding carboxylic acids is 1. The van der Waals surface area contributed by atoms with Crippen LogP contribution in [-0.2, 0) is 6.54 Å². The number of aromatic nitrogens is 3. The Kier molecular flexibility index (Phi) is 5.28. The van der Waals surface area contributed by atoms with Gasteiger partial charge in [0.2, 0.25) is 0 Å². The Balaban J connectivity index is 2.02. The van der Waals surface area contributed by atoms with Crippen LogP contribution >= 0.6 is 0 Å². The number of benzene rings is 1. The summed E-state index contributed by atoms with van der Waals surface area (Å²) in [5.74, 6) is 0.648. The van der Waals surface area contributed by atoms with Crippen LogP contribution in [0.4, 0.5) is 4.79 Å². The lowest BCUT2D eigenvalue weighted by Gasteiger charge is -2.20. The van der Waals surface area contributed by atoms with E-state index in [0.29, 0.717) is 18.9 Å². The predicted molar refractivity (Wildman–Crippen MR) is 77.9 cm³/mol. The zero-order valence-electron chi connectivity index (χ0n) is 11.9. The zero-order valence-corrected chi connectivity index (χ0v) is 11.9. The standard InChI is InChI=1S/C14H19N5O2/c1-2-18(8-9-20)14(21)15-10-13-17-16-11-19(13)12-6-4-3-5-7-12/h3-7,11,20H,2,8-10H2,1H3,(H,15,21). The molecule has 112 valence electrons. The Morgan fingerprint density at radius 2 is 2.14 bits per heavy atom. The van der Waals surface area contributed by atoms with Crippen molar-refractivity contribution in [1.29, 1.82) is 0 Å². The smallest absolute Gasteiger partial charge is 0.317 e. The van der Waals surface area contributed by atoms with E-state index in [1.54, 1.807) is 6.33 Å². The molecule has 1 aromatic heterocycles. The van der Waals surface area contributed by atoms with Gasteiger partial charge in [0.1, 0.15) is 6.33 Å². The van der Waals surface area contributed by atoms with E-state index in [2.05, 4.69) is 15.5 Å². The molecule has 1 aromatic carbocycles. The van der Waals surface area contributed by atoms with Gasteiger partial charge in [-0.15, -0.1) is 10.2 Å². The SMILES string of the molecule is CCN(CCO)C(=O)NCc1nncn1-c1ccccc1. The highest BCUT2D eigenvalue weighted by Crippen LogP contribution is 2.08. The van der Waals surface area contributed by atoms with Gasteiger partial charge >= 0.3 is 6.03 Å². The summed E-state index contributed by atoms with van der Waals surface area (Å²) in [6.07, 6.45) is 1.61. The van der Waals surface area contributed by atoms with E-state index < -0.39 is 0 Å². The summed E-state index contributed by atoms with van der Waals surface area (Å²) in [7, 11) is 0. The summed E-state index contributed by atoms with van der Waals surface area (Å²) in [5, 5.41) is 19.6. The Bertz CT molecular complexity index is 570. The van der Waals surface area contributed by atoms with Gasteiger partial charge in [0.25, 0.3) is 0 Å². The molecule has 0 bridgehead atoms. The fourth-order valence-corrected chi connectivity index (χ4v) is 1.97. The number of nitrogens with one attached hydrogen (secondary N) is 1. The van der Waals surface area contributed by atoms with Crippen LogP contribution in [0.1, 0.15) is 12.7 Å². The molecule has 2 aromatic rings. The van der Waals surface area contributed by atoms with E-state index in [4.69, 9.17) is 5.11 Å². The maximum Gasteiger partial charge on any atom is 0.317 e. The monoisotopic (exact) mass is 289 g/mol. The minimum atomic E-state index is -0.228. The Morgan fingerprint density at radius 3 is 2.81 bits per heavy atom. The topological polar surface area (TPSA) is 83.3 Å². The third-order valence-corrected chi connectivity index (χ3v) is 3.09. The number of urea groups is 1. The molecular weight excluding hydrogens is 270 g/mol. The summed E-state index contributed by atoms with van der Waals surface area (Å²) in [4.78, 5) is 13.5. The molecule has 0 radical (unpaired) electrons. The molecule has 0 unspecified atom stereocenters. The first kappa shape index (κ1) is 15.0. The van der Waals surface area contributed by atoms with Gasteiger partial charge in [0.15, 0.2) is 5.82 Å². The number of carbonyl (C=O) groups is 1. The van der Waals surface area contributed by atoms with E-state index in [1.165, 1.54) is 4.90 Å². The lowest BCUT2D eigenvalue weighted by molar-refractivity contribution is 0.180. The largest absolute Gasteiger partial charge is 0.395 e. The Labute approximate surface area is 123 Å². The summed E-state index contributed by atoms with van der Waals surface area (Å²) in [6, 6.07) is 9.45. The summed E-state index contributed by atoms with van der Waals surface area (Å²) < 4.78 is 1.82. The minimum absolute atomic E-state index is 0.0541. The molecule has 1 heterocycles. The normalized spacial score (nSPS) is 10.4. The van der Waals surface area contributed by atoms with Gasteiger partial charge in [-0.1, -0.05) is 18.2 Å². The Morgan fingerprint density at radius 1 is 1.38 bits per heavy atom. The number of likely N-dealkylation sites (N-methyl/N-ethyl adjacent to an activating group) is 1. The van der Waals surface area contributed by atoms with Crippen LogP contribution in [-0.4, -0.2) is 50.5 Å². The van der Waals surface area contributed by atoms with E-state index in [0.717, 1.165) is 5.69 Å². The number of rotatable bonds is 6. The molecule has 2 N–H and O–H groups in total. The lowest BCUT2D eigenvalue weighted by atomic mass is 10.3. The first-order valence-corrected chi connectivity index (χ1v) is 6.84. The molecule has 0 saturated carbocycles. The average molecular weight is 289 g/mol. The quantitative estimate of drug-likeness (QED) is 0.823. The van der Waals surface area contributed by atoms with Crippen molar-refractivity contribution in [2.24, 2.45) is 0 Å². The number of aliphatic hydroxyl groups excluding tert-OH is 1. The molecule has 2 amide bonds. The molecule has 0 fully saturated rings. The van der Waals surface area contributed by atoms with Crippen LogP contribution in [0.15, 0.2) is 36.7 Å². The molecule has 7 heteroatoms. The Hall–Kier alpha value is -2.41. The van der Waals surface area contributed by atoms with Crippen LogP contribution in [0.2, 0.25) is 0 Å². The van der Waals surface area contributed by atoms with E-state index in [1.807, 2.05) is 41.8 Å².